The van der Waals surface area contributed by atoms with Crippen molar-refractivity contribution in [2.45, 2.75) is 75.4 Å². The summed E-state index contributed by atoms with van der Waals surface area (Å²) in [6, 6.07) is 30.3. The van der Waals surface area contributed by atoms with Crippen molar-refractivity contribution in [1.29, 1.82) is 0 Å². The Kier molecular flexibility index (Phi) is 11.0. The topological polar surface area (TPSA) is 101 Å². The summed E-state index contributed by atoms with van der Waals surface area (Å²) in [7, 11) is -0.571. The highest BCUT2D eigenvalue weighted by molar-refractivity contribution is 7.96. The summed E-state index contributed by atoms with van der Waals surface area (Å²) in [5.41, 5.74) is 2.63. The first-order valence-electron chi connectivity index (χ1n) is 16.1. The van der Waals surface area contributed by atoms with Gasteiger partial charge in [-0.1, -0.05) is 93.6 Å². The third kappa shape index (κ3) is 7.76. The number of anilines is 1. The molecule has 254 valence electrons. The van der Waals surface area contributed by atoms with Crippen molar-refractivity contribution < 1.29 is 22.9 Å². The first-order valence-corrected chi connectivity index (χ1v) is 19.8. The van der Waals surface area contributed by atoms with Crippen molar-refractivity contribution in [3.8, 4) is 5.75 Å². The molecule has 1 amide bonds. The average molecular weight is 688 g/mol. The molecule has 1 N–H and O–H groups in total. The van der Waals surface area contributed by atoms with Crippen LogP contribution in [0.3, 0.4) is 0 Å². The maximum absolute atomic E-state index is 13.1. The van der Waals surface area contributed by atoms with Crippen LogP contribution in [0.15, 0.2) is 102 Å². The molecule has 2 heterocycles. The van der Waals surface area contributed by atoms with E-state index in [0.29, 0.717) is 6.42 Å². The van der Waals surface area contributed by atoms with Crippen molar-refractivity contribution in [2.24, 2.45) is 0 Å². The van der Waals surface area contributed by atoms with Gasteiger partial charge < -0.3 is 23.4 Å². The number of hydrogen-bond acceptors (Lipinski definition) is 8. The van der Waals surface area contributed by atoms with Gasteiger partial charge in [0.2, 0.25) is 5.91 Å². The van der Waals surface area contributed by atoms with Crippen LogP contribution in [0.2, 0.25) is 18.1 Å². The molecule has 11 heteroatoms. The Hall–Kier alpha value is -3.74. The SMILES string of the molecule is COc1ccc(C(SOC[C@H]2O[C@@H](n3ccc(NC(C)=O)nc3=O)C[C@@H]2O[Si](C)(C)C(C)(C)C)(c2ccccc2)c2ccccc2)cc1. The number of amides is 1. The number of aromatic nitrogens is 2. The molecule has 3 aromatic carbocycles. The molecule has 1 saturated heterocycles. The molecular weight excluding hydrogens is 643 g/mol. The Morgan fingerprint density at radius 3 is 2.06 bits per heavy atom. The fourth-order valence-corrected chi connectivity index (χ4v) is 8.02. The van der Waals surface area contributed by atoms with Gasteiger partial charge in [-0.05, 0) is 53.0 Å². The number of methoxy groups -OCH3 is 1. The van der Waals surface area contributed by atoms with Crippen LogP contribution >= 0.6 is 12.0 Å². The molecule has 0 unspecified atom stereocenters. The summed E-state index contributed by atoms with van der Waals surface area (Å²) in [5.74, 6) is 0.667. The van der Waals surface area contributed by atoms with Gasteiger partial charge in [0.15, 0.2) is 8.32 Å². The van der Waals surface area contributed by atoms with Crippen molar-refractivity contribution in [3.05, 3.63) is 124 Å². The monoisotopic (exact) mass is 687 g/mol. The number of nitrogens with zero attached hydrogens (tertiary/aromatic N) is 2. The van der Waals surface area contributed by atoms with Gasteiger partial charge in [-0.25, -0.2) is 4.79 Å². The highest BCUT2D eigenvalue weighted by atomic mass is 32.2. The fraction of sp³-hybridized carbons (Fsp3) is 0.378. The minimum Gasteiger partial charge on any atom is -0.497 e. The standard InChI is InChI=1S/C37H45N3O6SSi/c1-26(41)38-33-22-23-40(35(42)39-33)34-24-31(46-48(6,7)36(2,3)4)32(45-34)25-44-47-37(27-14-10-8-11-15-27,28-16-12-9-13-17-28)29-18-20-30(43-5)21-19-29/h8-23,31-32,34H,24-25H2,1-7H3,(H,38,39,41,42)/t31-,32+,34+/m0/s1. The third-order valence-corrected chi connectivity index (χ3v) is 14.9. The maximum atomic E-state index is 13.1. The van der Waals surface area contributed by atoms with Gasteiger partial charge in [0, 0.05) is 31.6 Å². The molecule has 1 fully saturated rings. The largest absolute Gasteiger partial charge is 0.497 e. The van der Waals surface area contributed by atoms with E-state index in [-0.39, 0.29) is 29.5 Å². The Morgan fingerprint density at radius 2 is 1.54 bits per heavy atom. The highest BCUT2D eigenvalue weighted by Gasteiger charge is 2.46. The molecule has 5 rings (SSSR count). The Bertz CT molecular complexity index is 1690. The normalized spacial score (nSPS) is 18.4. The van der Waals surface area contributed by atoms with Crippen LogP contribution in [0.5, 0.6) is 5.75 Å². The van der Waals surface area contributed by atoms with Crippen molar-refractivity contribution in [3.63, 3.8) is 0 Å². The lowest BCUT2D eigenvalue weighted by molar-refractivity contribution is -0.114. The molecule has 4 aromatic rings. The first kappa shape index (κ1) is 35.6. The van der Waals surface area contributed by atoms with Crippen molar-refractivity contribution in [1.82, 2.24) is 9.55 Å². The molecular formula is C37H45N3O6SSi. The van der Waals surface area contributed by atoms with Gasteiger partial charge in [0.05, 0.1) is 19.8 Å². The number of carbonyl (C=O) groups excluding carboxylic acids is 1. The average Bonchev–Trinajstić information content (AvgIpc) is 3.44. The summed E-state index contributed by atoms with van der Waals surface area (Å²) >= 11 is 1.38. The van der Waals surface area contributed by atoms with Gasteiger partial charge >= 0.3 is 5.69 Å². The van der Waals surface area contributed by atoms with Gasteiger partial charge in [-0.3, -0.25) is 9.36 Å². The Balaban J connectivity index is 1.47. The van der Waals surface area contributed by atoms with Crippen LogP contribution < -0.4 is 15.7 Å². The van der Waals surface area contributed by atoms with Gasteiger partial charge in [-0.2, -0.15) is 4.98 Å². The number of rotatable bonds is 12. The molecule has 1 aromatic heterocycles. The summed E-state index contributed by atoms with van der Waals surface area (Å²) in [5, 5.41) is 2.53. The maximum Gasteiger partial charge on any atom is 0.351 e. The van der Waals surface area contributed by atoms with Crippen LogP contribution in [0.1, 0.15) is 57.0 Å². The van der Waals surface area contributed by atoms with Gasteiger partial charge in [0.1, 0.15) is 28.6 Å². The third-order valence-electron chi connectivity index (χ3n) is 9.15. The molecule has 0 bridgehead atoms. The van der Waals surface area contributed by atoms with Gasteiger partial charge in [0.25, 0.3) is 0 Å². The summed E-state index contributed by atoms with van der Waals surface area (Å²) in [4.78, 5) is 28.6. The van der Waals surface area contributed by atoms with E-state index in [1.54, 1.807) is 19.4 Å². The van der Waals surface area contributed by atoms with Crippen LogP contribution in [0.25, 0.3) is 0 Å². The molecule has 48 heavy (non-hydrogen) atoms. The zero-order valence-corrected chi connectivity index (χ0v) is 30.5. The summed E-state index contributed by atoms with van der Waals surface area (Å²) in [6.45, 7) is 12.6. The molecule has 3 atom stereocenters. The number of benzene rings is 3. The Labute approximate surface area is 288 Å². The number of carbonyl (C=O) groups is 1. The number of nitrogens with one attached hydrogen (secondary N) is 1. The quantitative estimate of drug-likeness (QED) is 0.0927. The van der Waals surface area contributed by atoms with E-state index >= 15 is 0 Å². The lowest BCUT2D eigenvalue weighted by Crippen LogP contribution is -2.46. The lowest BCUT2D eigenvalue weighted by atomic mass is 9.84. The zero-order chi connectivity index (χ0) is 34.5. The predicted octanol–water partition coefficient (Wildman–Crippen LogP) is 7.55. The molecule has 1 aliphatic rings. The number of hydrogen-bond donors (Lipinski definition) is 1. The lowest BCUT2D eigenvalue weighted by Gasteiger charge is -2.39. The molecule has 9 nitrogen and oxygen atoms in total. The molecule has 0 saturated carbocycles. The minimum atomic E-state index is -2.23. The highest BCUT2D eigenvalue weighted by Crippen LogP contribution is 2.50. The van der Waals surface area contributed by atoms with E-state index in [1.807, 2.05) is 48.5 Å². The minimum absolute atomic E-state index is 0.0339. The molecule has 0 aliphatic carbocycles. The molecule has 0 radical (unpaired) electrons. The van der Waals surface area contributed by atoms with E-state index < -0.39 is 31.1 Å². The Morgan fingerprint density at radius 1 is 0.958 bits per heavy atom. The second kappa shape index (κ2) is 14.8. The predicted molar refractivity (Wildman–Crippen MR) is 193 cm³/mol. The van der Waals surface area contributed by atoms with E-state index in [1.165, 1.54) is 23.5 Å². The zero-order valence-electron chi connectivity index (χ0n) is 28.6. The van der Waals surface area contributed by atoms with Crippen LogP contribution in [-0.2, 0) is 22.9 Å². The van der Waals surface area contributed by atoms with E-state index in [2.05, 4.69) is 80.6 Å². The van der Waals surface area contributed by atoms with Crippen LogP contribution in [0, 0.1) is 0 Å². The smallest absolute Gasteiger partial charge is 0.351 e. The van der Waals surface area contributed by atoms with Crippen LogP contribution in [-0.4, -0.2) is 49.7 Å². The molecule has 0 spiro atoms. The van der Waals surface area contributed by atoms with E-state index in [9.17, 15) is 9.59 Å². The van der Waals surface area contributed by atoms with Crippen molar-refractivity contribution >= 4 is 32.1 Å². The molecule has 1 aliphatic heterocycles. The first-order chi connectivity index (χ1) is 22.8. The van der Waals surface area contributed by atoms with E-state index in [4.69, 9.17) is 18.1 Å². The van der Waals surface area contributed by atoms with E-state index in [0.717, 1.165) is 22.4 Å². The van der Waals surface area contributed by atoms with Gasteiger partial charge in [-0.15, -0.1) is 0 Å². The number of ether oxygens (including phenoxy) is 2. The fourth-order valence-electron chi connectivity index (χ4n) is 5.59. The summed E-state index contributed by atoms with van der Waals surface area (Å²) < 4.78 is 26.4. The van der Waals surface area contributed by atoms with Crippen molar-refractivity contribution in [2.75, 3.05) is 19.0 Å². The summed E-state index contributed by atoms with van der Waals surface area (Å²) in [6.07, 6.45) is 0.666. The van der Waals surface area contributed by atoms with Crippen LogP contribution in [0.4, 0.5) is 5.82 Å². The second-order valence-corrected chi connectivity index (χ2v) is 19.2. The second-order valence-electron chi connectivity index (χ2n) is 13.5.